The van der Waals surface area contributed by atoms with Crippen LogP contribution in [0.4, 0.5) is 5.69 Å². The minimum Gasteiger partial charge on any atom is -0.463 e. The summed E-state index contributed by atoms with van der Waals surface area (Å²) in [6.07, 6.45) is 1.49. The number of nitrogens with one attached hydrogen (secondary N) is 3. The molecule has 2 aromatic carbocycles. The van der Waals surface area contributed by atoms with Crippen molar-refractivity contribution < 1.29 is 39.2 Å². The van der Waals surface area contributed by atoms with Crippen LogP contribution >= 0.6 is 0 Å². The Bertz CT molecular complexity index is 1200. The highest BCUT2D eigenvalue weighted by Crippen LogP contribution is 2.25. The Balaban J connectivity index is 1.43. The van der Waals surface area contributed by atoms with Gasteiger partial charge in [0.05, 0.1) is 6.61 Å². The standard InChI is InChI=1S/C34H50N4O8/c1-3-4-10-20-38(21-11-6-9-19-35-33(44)25-12-7-5-8-13-25)22-18-29(41)37-26-14-16-27(17-15-26)45-34-30(36-24(2)40)32(43)31(42)28(23-39)46-34/h5,7-8,12-17,28,30-32,34,39,42-43H,3-4,6,9-11,18-23H2,1-2H3,(H,35,44)(H,36,40)(H,37,41)/t28-,30-,31+,32-,34-/m1/s1. The number of hydrogen-bond acceptors (Lipinski definition) is 9. The fourth-order valence-corrected chi connectivity index (χ4v) is 5.26. The Morgan fingerprint density at radius 2 is 1.59 bits per heavy atom. The first-order valence-electron chi connectivity index (χ1n) is 16.2. The fraction of sp³-hybridized carbons (Fsp3) is 0.559. The van der Waals surface area contributed by atoms with Gasteiger partial charge in [-0.05, 0) is 68.8 Å². The van der Waals surface area contributed by atoms with Crippen molar-refractivity contribution in [2.45, 2.75) is 89.4 Å². The van der Waals surface area contributed by atoms with Crippen molar-refractivity contribution in [1.82, 2.24) is 15.5 Å². The average Bonchev–Trinajstić information content (AvgIpc) is 3.05. The van der Waals surface area contributed by atoms with Gasteiger partial charge < -0.3 is 45.6 Å². The molecule has 1 heterocycles. The van der Waals surface area contributed by atoms with Crippen molar-refractivity contribution in [3.63, 3.8) is 0 Å². The highest BCUT2D eigenvalue weighted by atomic mass is 16.7. The molecule has 1 aliphatic heterocycles. The fourth-order valence-electron chi connectivity index (χ4n) is 5.26. The zero-order valence-corrected chi connectivity index (χ0v) is 26.9. The predicted molar refractivity (Wildman–Crippen MR) is 174 cm³/mol. The van der Waals surface area contributed by atoms with Gasteiger partial charge in [0.1, 0.15) is 30.1 Å². The van der Waals surface area contributed by atoms with E-state index in [9.17, 15) is 29.7 Å². The Hall–Kier alpha value is -3.55. The van der Waals surface area contributed by atoms with E-state index in [1.54, 1.807) is 36.4 Å². The molecule has 3 rings (SSSR count). The summed E-state index contributed by atoms with van der Waals surface area (Å²) in [5.41, 5.74) is 1.25. The number of carbonyl (C=O) groups excluding carboxylic acids is 3. The number of unbranched alkanes of at least 4 members (excludes halogenated alkanes) is 4. The summed E-state index contributed by atoms with van der Waals surface area (Å²) >= 11 is 0. The van der Waals surface area contributed by atoms with Crippen LogP contribution in [-0.4, -0.2) is 101 Å². The second kappa shape index (κ2) is 19.9. The first-order chi connectivity index (χ1) is 22.2. The first kappa shape index (κ1) is 36.9. The number of benzene rings is 2. The number of hydrogen-bond donors (Lipinski definition) is 6. The molecule has 0 unspecified atom stereocenters. The maximum absolute atomic E-state index is 12.8. The smallest absolute Gasteiger partial charge is 0.251 e. The van der Waals surface area contributed by atoms with Crippen LogP contribution in [0, 0.1) is 0 Å². The summed E-state index contributed by atoms with van der Waals surface area (Å²) in [5.74, 6) is -0.259. The monoisotopic (exact) mass is 642 g/mol. The van der Waals surface area contributed by atoms with E-state index in [0.29, 0.717) is 36.5 Å². The quantitative estimate of drug-likeness (QED) is 0.126. The largest absolute Gasteiger partial charge is 0.463 e. The van der Waals surface area contributed by atoms with E-state index in [-0.39, 0.29) is 11.8 Å². The van der Waals surface area contributed by atoms with Gasteiger partial charge in [0.25, 0.3) is 5.91 Å². The van der Waals surface area contributed by atoms with Crippen LogP contribution < -0.4 is 20.7 Å². The molecular formula is C34H50N4O8. The highest BCUT2D eigenvalue weighted by molar-refractivity contribution is 5.94. The normalized spacial score (nSPS) is 21.0. The van der Waals surface area contributed by atoms with Crippen LogP contribution in [0.5, 0.6) is 5.75 Å². The van der Waals surface area contributed by atoms with Gasteiger partial charge in [-0.3, -0.25) is 14.4 Å². The summed E-state index contributed by atoms with van der Waals surface area (Å²) in [7, 11) is 0. The summed E-state index contributed by atoms with van der Waals surface area (Å²) in [4.78, 5) is 39.0. The molecule has 0 radical (unpaired) electrons. The summed E-state index contributed by atoms with van der Waals surface area (Å²) in [5, 5.41) is 38.6. The Morgan fingerprint density at radius 1 is 0.891 bits per heavy atom. The van der Waals surface area contributed by atoms with Gasteiger partial charge in [-0.1, -0.05) is 44.4 Å². The third-order valence-electron chi connectivity index (χ3n) is 7.85. The Labute approximate surface area is 271 Å². The molecule has 0 spiro atoms. The molecular weight excluding hydrogens is 592 g/mol. The van der Waals surface area contributed by atoms with Gasteiger partial charge in [-0.25, -0.2) is 0 Å². The minimum absolute atomic E-state index is 0.0550. The van der Waals surface area contributed by atoms with E-state index in [0.717, 1.165) is 51.6 Å². The van der Waals surface area contributed by atoms with Gasteiger partial charge >= 0.3 is 0 Å². The van der Waals surface area contributed by atoms with E-state index in [1.807, 2.05) is 18.2 Å². The van der Waals surface area contributed by atoms with Crippen LogP contribution in [-0.2, 0) is 14.3 Å². The maximum Gasteiger partial charge on any atom is 0.251 e. The molecule has 254 valence electrons. The van der Waals surface area contributed by atoms with Crippen LogP contribution in [0.25, 0.3) is 0 Å². The lowest BCUT2D eigenvalue weighted by molar-refractivity contribution is -0.244. The molecule has 1 fully saturated rings. The van der Waals surface area contributed by atoms with Crippen molar-refractivity contribution in [3.05, 3.63) is 60.2 Å². The SMILES string of the molecule is CCCCCN(CCCCCNC(=O)c1ccccc1)CCC(=O)Nc1ccc(O[C@@H]2O[C@H](CO)[C@H](O)[C@H](O)[C@H]2NC(C)=O)cc1. The maximum atomic E-state index is 12.8. The summed E-state index contributed by atoms with van der Waals surface area (Å²) in [6.45, 7) is 6.00. The lowest BCUT2D eigenvalue weighted by Gasteiger charge is -2.42. The van der Waals surface area contributed by atoms with Crippen LogP contribution in [0.3, 0.4) is 0 Å². The van der Waals surface area contributed by atoms with Gasteiger partial charge in [0, 0.05) is 37.7 Å². The minimum atomic E-state index is -1.41. The number of nitrogens with zero attached hydrogens (tertiary/aromatic N) is 1. The van der Waals surface area contributed by atoms with E-state index < -0.39 is 43.2 Å². The van der Waals surface area contributed by atoms with Crippen LogP contribution in [0.1, 0.15) is 69.2 Å². The first-order valence-corrected chi connectivity index (χ1v) is 16.2. The lowest BCUT2D eigenvalue weighted by Crippen LogP contribution is -2.65. The molecule has 12 heteroatoms. The molecule has 12 nitrogen and oxygen atoms in total. The topological polar surface area (TPSA) is 170 Å². The van der Waals surface area contributed by atoms with E-state index >= 15 is 0 Å². The van der Waals surface area contributed by atoms with Crippen molar-refractivity contribution in [1.29, 1.82) is 0 Å². The molecule has 0 bridgehead atoms. The molecule has 1 aliphatic rings. The van der Waals surface area contributed by atoms with Gasteiger partial charge in [-0.15, -0.1) is 0 Å². The second-order valence-electron chi connectivity index (χ2n) is 11.6. The third-order valence-corrected chi connectivity index (χ3v) is 7.85. The Morgan fingerprint density at radius 3 is 2.24 bits per heavy atom. The number of aliphatic hydroxyl groups is 3. The molecule has 46 heavy (non-hydrogen) atoms. The number of aliphatic hydroxyl groups excluding tert-OH is 3. The van der Waals surface area contributed by atoms with E-state index in [4.69, 9.17) is 9.47 Å². The third kappa shape index (κ3) is 12.3. The molecule has 0 saturated carbocycles. The number of amides is 3. The second-order valence-corrected chi connectivity index (χ2v) is 11.6. The number of carbonyl (C=O) groups is 3. The van der Waals surface area contributed by atoms with Crippen LogP contribution in [0.2, 0.25) is 0 Å². The zero-order valence-electron chi connectivity index (χ0n) is 26.9. The number of ether oxygens (including phenoxy) is 2. The lowest BCUT2D eigenvalue weighted by atomic mass is 9.97. The predicted octanol–water partition coefficient (Wildman–Crippen LogP) is 2.43. The van der Waals surface area contributed by atoms with Gasteiger partial charge in [-0.2, -0.15) is 0 Å². The molecule has 0 aromatic heterocycles. The summed E-state index contributed by atoms with van der Waals surface area (Å²) < 4.78 is 11.4. The average molecular weight is 643 g/mol. The van der Waals surface area contributed by atoms with Crippen molar-refractivity contribution in [2.24, 2.45) is 0 Å². The molecule has 2 aromatic rings. The molecule has 0 aliphatic carbocycles. The Kier molecular flexibility index (Phi) is 15.9. The van der Waals surface area contributed by atoms with Crippen molar-refractivity contribution in [2.75, 3.05) is 38.1 Å². The number of anilines is 1. The van der Waals surface area contributed by atoms with E-state index in [2.05, 4.69) is 27.8 Å². The van der Waals surface area contributed by atoms with E-state index in [1.165, 1.54) is 6.92 Å². The molecule has 6 N–H and O–H groups in total. The van der Waals surface area contributed by atoms with Gasteiger partial charge in [0.2, 0.25) is 18.1 Å². The molecule has 5 atom stereocenters. The zero-order chi connectivity index (χ0) is 33.3. The van der Waals surface area contributed by atoms with Crippen LogP contribution in [0.15, 0.2) is 54.6 Å². The molecule has 1 saturated heterocycles. The number of rotatable bonds is 19. The summed E-state index contributed by atoms with van der Waals surface area (Å²) in [6, 6.07) is 14.7. The van der Waals surface area contributed by atoms with Gasteiger partial charge in [0.15, 0.2) is 0 Å². The highest BCUT2D eigenvalue weighted by Gasteiger charge is 2.46. The van der Waals surface area contributed by atoms with Crippen molar-refractivity contribution in [3.8, 4) is 5.75 Å². The molecule has 3 amide bonds. The van der Waals surface area contributed by atoms with Crippen molar-refractivity contribution >= 4 is 23.4 Å².